The maximum Gasteiger partial charge on any atom is -0.0443 e. The van der Waals surface area contributed by atoms with Crippen molar-refractivity contribution in [3.8, 4) is 0 Å². The van der Waals surface area contributed by atoms with E-state index in [9.17, 15) is 0 Å². The zero-order chi connectivity index (χ0) is 13.9. The van der Waals surface area contributed by atoms with Crippen LogP contribution >= 0.6 is 0 Å². The highest BCUT2D eigenvalue weighted by Crippen LogP contribution is 2.12. The molecule has 0 heterocycles. The third-order valence-electron chi connectivity index (χ3n) is 2.83. The van der Waals surface area contributed by atoms with E-state index in [1.807, 2.05) is 0 Å². The summed E-state index contributed by atoms with van der Waals surface area (Å²) in [5.74, 6) is 0.968. The Hall–Kier alpha value is 0. The summed E-state index contributed by atoms with van der Waals surface area (Å²) in [5.41, 5.74) is 0. The van der Waals surface area contributed by atoms with E-state index < -0.39 is 0 Å². The van der Waals surface area contributed by atoms with Crippen molar-refractivity contribution >= 4 is 0 Å². The molecule has 0 aliphatic rings. The van der Waals surface area contributed by atoms with Gasteiger partial charge in [0.2, 0.25) is 0 Å². The van der Waals surface area contributed by atoms with Crippen LogP contribution in [0.4, 0.5) is 0 Å². The topological polar surface area (TPSA) is 0 Å². The average molecular weight is 245 g/mol. The summed E-state index contributed by atoms with van der Waals surface area (Å²) in [5, 5.41) is 0. The highest BCUT2D eigenvalue weighted by atomic mass is 14.0. The van der Waals surface area contributed by atoms with Crippen LogP contribution in [0.25, 0.3) is 0 Å². The summed E-state index contributed by atoms with van der Waals surface area (Å²) in [7, 11) is 0. The molecule has 0 amide bonds. The number of hydrogen-bond donors (Lipinski definition) is 0. The van der Waals surface area contributed by atoms with Crippen molar-refractivity contribution < 1.29 is 0 Å². The molecule has 0 aromatic rings. The highest BCUT2D eigenvalue weighted by Gasteiger charge is 1.97. The molecule has 0 spiro atoms. The van der Waals surface area contributed by atoms with Gasteiger partial charge in [-0.3, -0.25) is 0 Å². The first-order chi connectivity index (χ1) is 8.14. The van der Waals surface area contributed by atoms with Crippen LogP contribution in [0.3, 0.4) is 0 Å². The van der Waals surface area contributed by atoms with E-state index in [0.29, 0.717) is 0 Å². The summed E-state index contributed by atoms with van der Waals surface area (Å²) >= 11 is 0. The van der Waals surface area contributed by atoms with Crippen LogP contribution in [0.15, 0.2) is 0 Å². The summed E-state index contributed by atoms with van der Waals surface area (Å²) in [4.78, 5) is 0. The van der Waals surface area contributed by atoms with E-state index in [4.69, 9.17) is 0 Å². The summed E-state index contributed by atoms with van der Waals surface area (Å²) in [6, 6.07) is 0. The first-order valence-electron chi connectivity index (χ1n) is 8.14. The lowest BCUT2D eigenvalue weighted by Gasteiger charge is -2.07. The SMILES string of the molecule is CCCC.CCCC.CCCCC(C)CCC. The van der Waals surface area contributed by atoms with Crippen molar-refractivity contribution in [3.63, 3.8) is 0 Å². The highest BCUT2D eigenvalue weighted by molar-refractivity contribution is 4.50. The van der Waals surface area contributed by atoms with E-state index in [0.717, 1.165) is 5.92 Å². The Bertz CT molecular complexity index is 78.0. The Morgan fingerprint density at radius 3 is 1.18 bits per heavy atom. The fraction of sp³-hybridized carbons (Fsp3) is 1.00. The molecule has 0 aromatic heterocycles. The van der Waals surface area contributed by atoms with Gasteiger partial charge in [0, 0.05) is 0 Å². The lowest BCUT2D eigenvalue weighted by atomic mass is 10.00. The molecule has 0 heteroatoms. The standard InChI is InChI=1S/C9H20.2C4H10/c1-4-6-8-9(3)7-5-2;2*1-3-4-2/h9H,4-8H2,1-3H3;2*3-4H2,1-2H3. The summed E-state index contributed by atoms with van der Waals surface area (Å²) in [6.07, 6.45) is 12.3. The second-order valence-corrected chi connectivity index (χ2v) is 5.04. The number of hydrogen-bond acceptors (Lipinski definition) is 0. The Labute approximate surface area is 113 Å². The van der Waals surface area contributed by atoms with Gasteiger partial charge in [-0.05, 0) is 5.92 Å². The molecule has 0 bridgehead atoms. The van der Waals surface area contributed by atoms with E-state index in [1.54, 1.807) is 0 Å². The minimum atomic E-state index is 0.968. The second-order valence-electron chi connectivity index (χ2n) is 5.04. The van der Waals surface area contributed by atoms with Crippen LogP contribution in [0.5, 0.6) is 0 Å². The van der Waals surface area contributed by atoms with Crippen LogP contribution in [0, 0.1) is 5.92 Å². The van der Waals surface area contributed by atoms with Crippen molar-refractivity contribution in [3.05, 3.63) is 0 Å². The molecule has 0 aromatic carbocycles. The predicted molar refractivity (Wildman–Crippen MR) is 84.8 cm³/mol. The lowest BCUT2D eigenvalue weighted by Crippen LogP contribution is -1.92. The van der Waals surface area contributed by atoms with Gasteiger partial charge in [0.25, 0.3) is 0 Å². The molecule has 0 radical (unpaired) electrons. The van der Waals surface area contributed by atoms with Crippen LogP contribution in [-0.4, -0.2) is 0 Å². The molecular formula is C17H40. The third kappa shape index (κ3) is 38.7. The second kappa shape index (κ2) is 25.0. The van der Waals surface area contributed by atoms with Crippen molar-refractivity contribution in [2.24, 2.45) is 5.92 Å². The maximum atomic E-state index is 2.36. The molecule has 1 unspecified atom stereocenters. The number of unbranched alkanes of at least 4 members (excludes halogenated alkanes) is 3. The van der Waals surface area contributed by atoms with Gasteiger partial charge in [-0.15, -0.1) is 0 Å². The predicted octanol–water partition coefficient (Wildman–Crippen LogP) is 7.23. The zero-order valence-corrected chi connectivity index (χ0v) is 13.9. The maximum absolute atomic E-state index is 2.36. The van der Waals surface area contributed by atoms with E-state index in [2.05, 4.69) is 48.5 Å². The first kappa shape index (κ1) is 22.2. The van der Waals surface area contributed by atoms with Crippen LogP contribution < -0.4 is 0 Å². The first-order valence-corrected chi connectivity index (χ1v) is 8.14. The quantitative estimate of drug-likeness (QED) is 0.443. The molecule has 0 fully saturated rings. The van der Waals surface area contributed by atoms with Crippen LogP contribution in [0.1, 0.15) is 106 Å². The smallest absolute Gasteiger partial charge is 0.0443 e. The molecule has 0 aliphatic heterocycles. The fourth-order valence-electron chi connectivity index (χ4n) is 1.19. The van der Waals surface area contributed by atoms with Gasteiger partial charge >= 0.3 is 0 Å². The Kier molecular flexibility index (Phi) is 32.7. The molecule has 0 aliphatic carbocycles. The zero-order valence-electron chi connectivity index (χ0n) is 13.9. The molecule has 0 nitrogen and oxygen atoms in total. The van der Waals surface area contributed by atoms with Crippen molar-refractivity contribution in [1.82, 2.24) is 0 Å². The summed E-state index contributed by atoms with van der Waals surface area (Å²) in [6.45, 7) is 15.6. The normalized spacial score (nSPS) is 10.8. The van der Waals surface area contributed by atoms with Gasteiger partial charge in [-0.1, -0.05) is 106 Å². The average Bonchev–Trinajstić information content (AvgIpc) is 2.37. The largest absolute Gasteiger partial charge is 0.0654 e. The number of rotatable bonds is 7. The van der Waals surface area contributed by atoms with Gasteiger partial charge in [-0.2, -0.15) is 0 Å². The van der Waals surface area contributed by atoms with Gasteiger partial charge in [0.15, 0.2) is 0 Å². The molecule has 108 valence electrons. The minimum absolute atomic E-state index is 0.968. The van der Waals surface area contributed by atoms with Gasteiger partial charge in [0.05, 0.1) is 0 Å². The van der Waals surface area contributed by atoms with E-state index >= 15 is 0 Å². The minimum Gasteiger partial charge on any atom is -0.0654 e. The third-order valence-corrected chi connectivity index (χ3v) is 2.83. The van der Waals surface area contributed by atoms with Crippen molar-refractivity contribution in [2.45, 2.75) is 106 Å². The molecule has 0 saturated heterocycles. The van der Waals surface area contributed by atoms with Crippen molar-refractivity contribution in [2.75, 3.05) is 0 Å². The van der Waals surface area contributed by atoms with Gasteiger partial charge in [0.1, 0.15) is 0 Å². The van der Waals surface area contributed by atoms with Crippen LogP contribution in [-0.2, 0) is 0 Å². The Balaban J connectivity index is -0.000000205. The Morgan fingerprint density at radius 1 is 0.529 bits per heavy atom. The molecule has 17 heavy (non-hydrogen) atoms. The van der Waals surface area contributed by atoms with Crippen LogP contribution in [0.2, 0.25) is 0 Å². The van der Waals surface area contributed by atoms with Crippen molar-refractivity contribution in [1.29, 1.82) is 0 Å². The fourth-order valence-corrected chi connectivity index (χ4v) is 1.19. The molecule has 0 rings (SSSR count). The Morgan fingerprint density at radius 2 is 0.941 bits per heavy atom. The molecule has 0 saturated carbocycles. The van der Waals surface area contributed by atoms with Gasteiger partial charge < -0.3 is 0 Å². The molecular weight excluding hydrogens is 204 g/mol. The molecule has 1 atom stereocenters. The monoisotopic (exact) mass is 244 g/mol. The lowest BCUT2D eigenvalue weighted by molar-refractivity contribution is 0.466. The van der Waals surface area contributed by atoms with E-state index in [-0.39, 0.29) is 0 Å². The van der Waals surface area contributed by atoms with Gasteiger partial charge in [-0.25, -0.2) is 0 Å². The molecule has 0 N–H and O–H groups in total. The summed E-state index contributed by atoms with van der Waals surface area (Å²) < 4.78 is 0. The van der Waals surface area contributed by atoms with E-state index in [1.165, 1.54) is 57.8 Å².